The quantitative estimate of drug-likeness (QED) is 0.484. The maximum Gasteiger partial charge on any atom is 0.251 e. The van der Waals surface area contributed by atoms with Crippen LogP contribution in [0.3, 0.4) is 0 Å². The molecular weight excluding hydrogens is 418 g/mol. The van der Waals surface area contributed by atoms with Crippen molar-refractivity contribution in [1.29, 1.82) is 0 Å². The van der Waals surface area contributed by atoms with E-state index in [0.717, 1.165) is 17.0 Å². The first-order valence-electron chi connectivity index (χ1n) is 10.7. The summed E-state index contributed by atoms with van der Waals surface area (Å²) >= 11 is 1.73. The summed E-state index contributed by atoms with van der Waals surface area (Å²) in [6.45, 7) is 4.60. The van der Waals surface area contributed by atoms with Gasteiger partial charge in [0.15, 0.2) is 0 Å². The fourth-order valence-corrected chi connectivity index (χ4v) is 4.69. The average Bonchev–Trinajstić information content (AvgIpc) is 2.79. The third-order valence-corrected chi connectivity index (χ3v) is 6.65. The summed E-state index contributed by atoms with van der Waals surface area (Å²) in [6, 6.07) is 21.4. The van der Waals surface area contributed by atoms with Crippen LogP contribution in [-0.2, 0) is 17.1 Å². The molecule has 0 fully saturated rings. The van der Waals surface area contributed by atoms with E-state index in [-0.39, 0.29) is 17.9 Å². The number of thioether (sulfide) groups is 1. The Morgan fingerprint density at radius 3 is 2.56 bits per heavy atom. The van der Waals surface area contributed by atoms with Crippen LogP contribution >= 0.6 is 11.8 Å². The molecule has 0 aromatic heterocycles. The highest BCUT2D eigenvalue weighted by atomic mass is 32.2. The van der Waals surface area contributed by atoms with Crippen LogP contribution in [0, 0.1) is 13.8 Å². The fraction of sp³-hybridized carbons (Fsp3) is 0.231. The summed E-state index contributed by atoms with van der Waals surface area (Å²) in [5, 5.41) is 9.20. The van der Waals surface area contributed by atoms with Gasteiger partial charge in [0.2, 0.25) is 5.91 Å². The third-order valence-electron chi connectivity index (χ3n) is 5.56. The predicted molar refractivity (Wildman–Crippen MR) is 132 cm³/mol. The second-order valence-electron chi connectivity index (χ2n) is 8.06. The highest BCUT2D eigenvalue weighted by Gasteiger charge is 2.26. The summed E-state index contributed by atoms with van der Waals surface area (Å²) < 4.78 is 0. The van der Waals surface area contributed by atoms with E-state index < -0.39 is 0 Å². The Balaban J connectivity index is 1.34. The van der Waals surface area contributed by atoms with Gasteiger partial charge in [-0.15, -0.1) is 0 Å². The molecule has 0 saturated heterocycles. The van der Waals surface area contributed by atoms with Crippen molar-refractivity contribution in [2.24, 2.45) is 0 Å². The van der Waals surface area contributed by atoms with Crippen molar-refractivity contribution in [3.63, 3.8) is 0 Å². The number of carbonyl (C=O) groups is 2. The number of fused-ring (bicyclic) bond motifs is 1. The molecule has 4 rings (SSSR count). The molecule has 1 atom stereocenters. The average molecular weight is 446 g/mol. The van der Waals surface area contributed by atoms with Crippen LogP contribution in [0.1, 0.15) is 32.6 Å². The maximum absolute atomic E-state index is 12.6. The maximum atomic E-state index is 12.6. The van der Waals surface area contributed by atoms with Crippen molar-refractivity contribution in [2.75, 3.05) is 16.4 Å². The van der Waals surface area contributed by atoms with Crippen molar-refractivity contribution in [1.82, 2.24) is 5.32 Å². The number of amides is 2. The Morgan fingerprint density at radius 1 is 1.00 bits per heavy atom. The van der Waals surface area contributed by atoms with Gasteiger partial charge in [0.1, 0.15) is 6.04 Å². The normalized spacial score (nSPS) is 14.8. The molecule has 32 heavy (non-hydrogen) atoms. The lowest BCUT2D eigenvalue weighted by molar-refractivity contribution is -0.116. The molecule has 3 aromatic rings. The van der Waals surface area contributed by atoms with Gasteiger partial charge in [-0.25, -0.2) is 0 Å². The van der Waals surface area contributed by atoms with Crippen molar-refractivity contribution < 1.29 is 9.59 Å². The van der Waals surface area contributed by atoms with E-state index in [4.69, 9.17) is 0 Å². The second kappa shape index (κ2) is 9.92. The van der Waals surface area contributed by atoms with Gasteiger partial charge in [0, 0.05) is 23.6 Å². The van der Waals surface area contributed by atoms with E-state index in [2.05, 4.69) is 35.0 Å². The Hall–Kier alpha value is -3.25. The van der Waals surface area contributed by atoms with E-state index in [1.807, 2.05) is 49.4 Å². The molecule has 1 heterocycles. The number of rotatable bonds is 7. The first kappa shape index (κ1) is 22.0. The lowest BCUT2D eigenvalue weighted by Gasteiger charge is -2.27. The van der Waals surface area contributed by atoms with E-state index in [1.54, 1.807) is 23.9 Å². The minimum absolute atomic E-state index is 0.0769. The van der Waals surface area contributed by atoms with Gasteiger partial charge in [0.25, 0.3) is 5.91 Å². The van der Waals surface area contributed by atoms with Gasteiger partial charge in [-0.2, -0.15) is 11.8 Å². The molecular formula is C26H27N3O2S. The minimum Gasteiger partial charge on any atom is -0.371 e. The van der Waals surface area contributed by atoms with Crippen LogP contribution in [0.15, 0.2) is 66.7 Å². The molecule has 6 heteroatoms. The Morgan fingerprint density at radius 2 is 1.78 bits per heavy atom. The van der Waals surface area contributed by atoms with Gasteiger partial charge < -0.3 is 16.0 Å². The van der Waals surface area contributed by atoms with E-state index in [9.17, 15) is 9.59 Å². The van der Waals surface area contributed by atoms with Gasteiger partial charge in [-0.3, -0.25) is 9.59 Å². The molecule has 1 unspecified atom stereocenters. The van der Waals surface area contributed by atoms with Crippen molar-refractivity contribution in [3.05, 3.63) is 94.5 Å². The van der Waals surface area contributed by atoms with Crippen molar-refractivity contribution in [2.45, 2.75) is 32.2 Å². The van der Waals surface area contributed by atoms with Crippen LogP contribution in [0.25, 0.3) is 0 Å². The number of nitrogens with one attached hydrogen (secondary N) is 3. The molecule has 5 nitrogen and oxygen atoms in total. The van der Waals surface area contributed by atoms with Crippen LogP contribution in [0.5, 0.6) is 0 Å². The van der Waals surface area contributed by atoms with Crippen LogP contribution in [0.4, 0.5) is 11.4 Å². The molecule has 0 aliphatic carbocycles. The third kappa shape index (κ3) is 5.32. The molecule has 2 amide bonds. The van der Waals surface area contributed by atoms with Gasteiger partial charge in [0.05, 0.1) is 11.4 Å². The fourth-order valence-electron chi connectivity index (χ4n) is 3.55. The summed E-state index contributed by atoms with van der Waals surface area (Å²) in [6.07, 6.45) is 0. The Bertz CT molecular complexity index is 1130. The van der Waals surface area contributed by atoms with Crippen molar-refractivity contribution >= 4 is 35.0 Å². The van der Waals surface area contributed by atoms with Crippen LogP contribution in [-0.4, -0.2) is 23.6 Å². The topological polar surface area (TPSA) is 70.2 Å². The zero-order chi connectivity index (χ0) is 22.5. The number of hydrogen-bond donors (Lipinski definition) is 3. The lowest BCUT2D eigenvalue weighted by atomic mass is 10.1. The second-order valence-corrected chi connectivity index (χ2v) is 9.09. The smallest absolute Gasteiger partial charge is 0.251 e. The standard InChI is InChI=1S/C26H27N3O2S/c1-17-7-9-19(10-8-17)14-27-25(30)20-11-12-22-23(13-20)29-26(31)24(28-22)16-32-15-21-6-4-3-5-18(21)2/h3-13,24,28H,14-16H2,1-2H3,(H,27,30)(H,29,31). The summed E-state index contributed by atoms with van der Waals surface area (Å²) in [5.41, 5.74) is 6.77. The number of hydrogen-bond acceptors (Lipinski definition) is 4. The summed E-state index contributed by atoms with van der Waals surface area (Å²) in [4.78, 5) is 25.2. The first-order valence-corrected chi connectivity index (χ1v) is 11.8. The number of anilines is 2. The van der Waals surface area contributed by atoms with E-state index >= 15 is 0 Å². The molecule has 0 bridgehead atoms. The number of carbonyl (C=O) groups excluding carboxylic acids is 2. The molecule has 164 valence electrons. The number of benzene rings is 3. The zero-order valence-corrected chi connectivity index (χ0v) is 19.1. The lowest BCUT2D eigenvalue weighted by Crippen LogP contribution is -2.40. The monoisotopic (exact) mass is 445 g/mol. The molecule has 0 saturated carbocycles. The molecule has 1 aliphatic heterocycles. The van der Waals surface area contributed by atoms with E-state index in [0.29, 0.717) is 23.5 Å². The van der Waals surface area contributed by atoms with Gasteiger partial charge >= 0.3 is 0 Å². The zero-order valence-electron chi connectivity index (χ0n) is 18.3. The molecule has 3 aromatic carbocycles. The molecule has 0 spiro atoms. The molecule has 0 radical (unpaired) electrons. The van der Waals surface area contributed by atoms with Gasteiger partial charge in [-0.05, 0) is 48.7 Å². The first-order chi connectivity index (χ1) is 15.5. The Labute approximate surface area is 193 Å². The number of aryl methyl sites for hydroxylation is 2. The van der Waals surface area contributed by atoms with Crippen LogP contribution < -0.4 is 16.0 Å². The van der Waals surface area contributed by atoms with Gasteiger partial charge in [-0.1, -0.05) is 54.1 Å². The largest absolute Gasteiger partial charge is 0.371 e. The van der Waals surface area contributed by atoms with E-state index in [1.165, 1.54) is 16.7 Å². The SMILES string of the molecule is Cc1ccc(CNC(=O)c2ccc3c(c2)NC(=O)C(CSCc2ccccc2C)N3)cc1. The minimum atomic E-state index is -0.308. The highest BCUT2D eigenvalue weighted by molar-refractivity contribution is 7.98. The predicted octanol–water partition coefficient (Wildman–Crippen LogP) is 4.90. The Kier molecular flexibility index (Phi) is 6.81. The van der Waals surface area contributed by atoms with Crippen molar-refractivity contribution in [3.8, 4) is 0 Å². The summed E-state index contributed by atoms with van der Waals surface area (Å²) in [5.74, 6) is 1.29. The van der Waals surface area contributed by atoms with Crippen LogP contribution in [0.2, 0.25) is 0 Å². The molecule has 3 N–H and O–H groups in total. The summed E-state index contributed by atoms with van der Waals surface area (Å²) in [7, 11) is 0. The molecule has 1 aliphatic rings. The highest BCUT2D eigenvalue weighted by Crippen LogP contribution is 2.29.